The van der Waals surface area contributed by atoms with Gasteiger partial charge in [-0.15, -0.1) is 0 Å². The third-order valence-electron chi connectivity index (χ3n) is 3.35. The van der Waals surface area contributed by atoms with Gasteiger partial charge in [0, 0.05) is 4.47 Å². The predicted octanol–water partition coefficient (Wildman–Crippen LogP) is 4.27. The minimum absolute atomic E-state index is 0.0109. The van der Waals surface area contributed by atoms with Crippen LogP contribution in [0.3, 0.4) is 0 Å². The number of benzene rings is 2. The second-order valence-corrected chi connectivity index (χ2v) is 5.75. The molecule has 0 aliphatic heterocycles. The molecule has 2 rings (SSSR count). The summed E-state index contributed by atoms with van der Waals surface area (Å²) >= 11 is 3.20. The molecular weight excluding hydrogens is 367 g/mol. The molecule has 0 atom stereocenters. The van der Waals surface area contributed by atoms with Crippen molar-refractivity contribution in [3.8, 4) is 11.5 Å². The van der Waals surface area contributed by atoms with Crippen molar-refractivity contribution in [3.63, 3.8) is 0 Å². The van der Waals surface area contributed by atoms with E-state index < -0.39 is 11.8 Å². The van der Waals surface area contributed by atoms with Crippen LogP contribution < -0.4 is 9.47 Å². The van der Waals surface area contributed by atoms with Crippen molar-refractivity contribution in [2.45, 2.75) is 13.5 Å². The molecule has 2 aromatic carbocycles. The third-order valence-corrected chi connectivity index (χ3v) is 3.84. The second-order valence-electron chi connectivity index (χ2n) is 4.83. The van der Waals surface area contributed by atoms with Crippen molar-refractivity contribution in [2.75, 3.05) is 14.2 Å². The van der Waals surface area contributed by atoms with Gasteiger partial charge >= 0.3 is 5.97 Å². The molecule has 23 heavy (non-hydrogen) atoms. The molecule has 0 fully saturated rings. The number of carbonyl (C=O) groups is 1. The molecule has 4 nitrogen and oxygen atoms in total. The van der Waals surface area contributed by atoms with Gasteiger partial charge in [-0.3, -0.25) is 0 Å². The van der Waals surface area contributed by atoms with Crippen molar-refractivity contribution in [1.82, 2.24) is 0 Å². The van der Waals surface area contributed by atoms with E-state index in [0.717, 1.165) is 11.1 Å². The number of carbonyl (C=O) groups excluding carboxylic acids is 1. The van der Waals surface area contributed by atoms with Crippen molar-refractivity contribution in [1.29, 1.82) is 0 Å². The van der Waals surface area contributed by atoms with Gasteiger partial charge in [0.25, 0.3) is 0 Å². The summed E-state index contributed by atoms with van der Waals surface area (Å²) in [6.45, 7) is 1.88. The minimum Gasteiger partial charge on any atom is -0.493 e. The molecule has 0 amide bonds. The lowest BCUT2D eigenvalue weighted by Crippen LogP contribution is -2.08. The van der Waals surface area contributed by atoms with E-state index in [9.17, 15) is 9.18 Å². The number of hydrogen-bond acceptors (Lipinski definition) is 4. The molecule has 0 unspecified atom stereocenters. The molecular formula is C17H16BrFO4. The Hall–Kier alpha value is -2.08. The molecule has 0 saturated carbocycles. The van der Waals surface area contributed by atoms with Crippen LogP contribution in [0.1, 0.15) is 21.5 Å². The quantitative estimate of drug-likeness (QED) is 0.724. The van der Waals surface area contributed by atoms with E-state index in [4.69, 9.17) is 14.2 Å². The number of methoxy groups -OCH3 is 2. The van der Waals surface area contributed by atoms with Crippen LogP contribution in [0, 0.1) is 12.7 Å². The zero-order chi connectivity index (χ0) is 17.0. The molecule has 0 spiro atoms. The summed E-state index contributed by atoms with van der Waals surface area (Å²) in [4.78, 5) is 12.0. The Morgan fingerprint density at radius 3 is 2.43 bits per heavy atom. The smallest absolute Gasteiger partial charge is 0.341 e. The fourth-order valence-electron chi connectivity index (χ4n) is 2.05. The Bertz CT molecular complexity index is 731. The van der Waals surface area contributed by atoms with E-state index in [2.05, 4.69) is 15.9 Å². The predicted molar refractivity (Wildman–Crippen MR) is 87.5 cm³/mol. The van der Waals surface area contributed by atoms with Gasteiger partial charge < -0.3 is 14.2 Å². The lowest BCUT2D eigenvalue weighted by atomic mass is 10.1. The number of aryl methyl sites for hydroxylation is 1. The molecule has 6 heteroatoms. The van der Waals surface area contributed by atoms with Crippen LogP contribution in [0.2, 0.25) is 0 Å². The average Bonchev–Trinajstić information content (AvgIpc) is 2.55. The van der Waals surface area contributed by atoms with E-state index in [1.165, 1.54) is 25.3 Å². The van der Waals surface area contributed by atoms with E-state index in [1.807, 2.05) is 6.92 Å². The van der Waals surface area contributed by atoms with Crippen LogP contribution in [-0.2, 0) is 11.3 Å². The summed E-state index contributed by atoms with van der Waals surface area (Å²) in [5.74, 6) is -0.212. The highest BCUT2D eigenvalue weighted by molar-refractivity contribution is 9.10. The highest BCUT2D eigenvalue weighted by Crippen LogP contribution is 2.30. The third kappa shape index (κ3) is 4.01. The SMILES string of the molecule is COc1cc(C)c(COC(=O)c2cc(Br)ccc2F)cc1OC. The second kappa shape index (κ2) is 7.46. The summed E-state index contributed by atoms with van der Waals surface area (Å²) < 4.78 is 29.9. The summed E-state index contributed by atoms with van der Waals surface area (Å²) in [6, 6.07) is 7.65. The van der Waals surface area contributed by atoms with Gasteiger partial charge in [0.15, 0.2) is 11.5 Å². The Balaban J connectivity index is 2.17. The van der Waals surface area contributed by atoms with Crippen LogP contribution in [0.15, 0.2) is 34.8 Å². The summed E-state index contributed by atoms with van der Waals surface area (Å²) in [7, 11) is 3.08. The Morgan fingerprint density at radius 2 is 1.78 bits per heavy atom. The van der Waals surface area contributed by atoms with Crippen molar-refractivity contribution in [3.05, 3.63) is 57.3 Å². The lowest BCUT2D eigenvalue weighted by Gasteiger charge is -2.13. The van der Waals surface area contributed by atoms with Gasteiger partial charge in [0.05, 0.1) is 19.8 Å². The molecule has 0 heterocycles. The van der Waals surface area contributed by atoms with Gasteiger partial charge in [-0.2, -0.15) is 0 Å². The normalized spacial score (nSPS) is 10.3. The fourth-order valence-corrected chi connectivity index (χ4v) is 2.41. The summed E-state index contributed by atoms with van der Waals surface area (Å²) in [5.41, 5.74) is 1.52. The summed E-state index contributed by atoms with van der Waals surface area (Å²) in [5, 5.41) is 0. The van der Waals surface area contributed by atoms with Crippen LogP contribution >= 0.6 is 15.9 Å². The van der Waals surface area contributed by atoms with E-state index in [1.54, 1.807) is 19.2 Å². The standard InChI is InChI=1S/C17H16BrFO4/c1-10-6-15(21-2)16(22-3)7-11(10)9-23-17(20)13-8-12(18)4-5-14(13)19/h4-8H,9H2,1-3H3. The summed E-state index contributed by atoms with van der Waals surface area (Å²) in [6.07, 6.45) is 0. The Labute approximate surface area is 142 Å². The van der Waals surface area contributed by atoms with Crippen LogP contribution in [0.5, 0.6) is 11.5 Å². The Morgan fingerprint density at radius 1 is 1.13 bits per heavy atom. The maximum absolute atomic E-state index is 13.7. The molecule has 2 aromatic rings. The van der Waals surface area contributed by atoms with Gasteiger partial charge in [-0.1, -0.05) is 15.9 Å². The maximum Gasteiger partial charge on any atom is 0.341 e. The fraction of sp³-hybridized carbons (Fsp3) is 0.235. The number of hydrogen-bond donors (Lipinski definition) is 0. The molecule has 0 aliphatic rings. The van der Waals surface area contributed by atoms with Crippen molar-refractivity contribution in [2.24, 2.45) is 0 Å². The van der Waals surface area contributed by atoms with E-state index in [0.29, 0.717) is 16.0 Å². The van der Waals surface area contributed by atoms with Gasteiger partial charge in [0.1, 0.15) is 12.4 Å². The first-order chi connectivity index (χ1) is 11.0. The van der Waals surface area contributed by atoms with Crippen LogP contribution in [-0.4, -0.2) is 20.2 Å². The number of halogens is 2. The molecule has 0 radical (unpaired) electrons. The maximum atomic E-state index is 13.7. The van der Waals surface area contributed by atoms with E-state index >= 15 is 0 Å². The largest absolute Gasteiger partial charge is 0.493 e. The van der Waals surface area contributed by atoms with Gasteiger partial charge in [-0.25, -0.2) is 9.18 Å². The van der Waals surface area contributed by atoms with Crippen LogP contribution in [0.4, 0.5) is 4.39 Å². The lowest BCUT2D eigenvalue weighted by molar-refractivity contribution is 0.0466. The number of rotatable bonds is 5. The first-order valence-electron chi connectivity index (χ1n) is 6.80. The number of esters is 1. The Kier molecular flexibility index (Phi) is 5.60. The van der Waals surface area contributed by atoms with E-state index in [-0.39, 0.29) is 12.2 Å². The first kappa shape index (κ1) is 17.3. The zero-order valence-electron chi connectivity index (χ0n) is 13.0. The monoisotopic (exact) mass is 382 g/mol. The highest BCUT2D eigenvalue weighted by Gasteiger charge is 2.15. The minimum atomic E-state index is -0.724. The van der Waals surface area contributed by atoms with Crippen LogP contribution in [0.25, 0.3) is 0 Å². The first-order valence-corrected chi connectivity index (χ1v) is 7.59. The zero-order valence-corrected chi connectivity index (χ0v) is 14.6. The average molecular weight is 383 g/mol. The highest BCUT2D eigenvalue weighted by atomic mass is 79.9. The molecule has 0 N–H and O–H groups in total. The molecule has 0 bridgehead atoms. The molecule has 122 valence electrons. The molecule has 0 saturated heterocycles. The topological polar surface area (TPSA) is 44.8 Å². The van der Waals surface area contributed by atoms with Crippen molar-refractivity contribution >= 4 is 21.9 Å². The van der Waals surface area contributed by atoms with Gasteiger partial charge in [-0.05, 0) is 48.4 Å². The molecule has 0 aliphatic carbocycles. The van der Waals surface area contributed by atoms with Gasteiger partial charge in [0.2, 0.25) is 0 Å². The molecule has 0 aromatic heterocycles. The van der Waals surface area contributed by atoms with Crippen molar-refractivity contribution < 1.29 is 23.4 Å². The number of ether oxygens (including phenoxy) is 3.